The van der Waals surface area contributed by atoms with Crippen LogP contribution < -0.4 is 10.7 Å². The van der Waals surface area contributed by atoms with Gasteiger partial charge >= 0.3 is 5.69 Å². The van der Waals surface area contributed by atoms with E-state index < -0.39 is 28.2 Å². The van der Waals surface area contributed by atoms with Crippen molar-refractivity contribution in [3.63, 3.8) is 0 Å². The van der Waals surface area contributed by atoms with E-state index in [1.54, 1.807) is 24.3 Å². The predicted molar refractivity (Wildman–Crippen MR) is 121 cm³/mol. The first-order valence-corrected chi connectivity index (χ1v) is 9.68. The molecule has 32 heavy (non-hydrogen) atoms. The fraction of sp³-hybridized carbons (Fsp3) is 0. The topological polar surface area (TPSA) is 134 Å². The van der Waals surface area contributed by atoms with Crippen LogP contribution in [0.5, 0.6) is 5.75 Å². The summed E-state index contributed by atoms with van der Waals surface area (Å²) in [5.74, 6) is -1.61. The molecule has 0 aliphatic heterocycles. The van der Waals surface area contributed by atoms with E-state index in [0.717, 1.165) is 12.3 Å². The maximum Gasteiger partial charge on any atom is 0.312 e. The number of hydrazone groups is 1. The average Bonchev–Trinajstić information content (AvgIpc) is 2.76. The van der Waals surface area contributed by atoms with Crippen molar-refractivity contribution in [2.45, 2.75) is 0 Å². The van der Waals surface area contributed by atoms with Gasteiger partial charge in [-0.15, -0.1) is 0 Å². The molecule has 0 fully saturated rings. The van der Waals surface area contributed by atoms with Crippen LogP contribution in [0, 0.1) is 10.1 Å². The molecule has 0 spiro atoms. The Bertz CT molecular complexity index is 1230. The fourth-order valence-corrected chi connectivity index (χ4v) is 3.06. The molecule has 162 valence electrons. The second kappa shape index (κ2) is 9.90. The van der Waals surface area contributed by atoms with Gasteiger partial charge in [0.15, 0.2) is 0 Å². The van der Waals surface area contributed by atoms with Gasteiger partial charge in [-0.05, 0) is 42.5 Å². The zero-order valence-electron chi connectivity index (χ0n) is 16.1. The Morgan fingerprint density at radius 1 is 1.03 bits per heavy atom. The summed E-state index contributed by atoms with van der Waals surface area (Å²) in [6.45, 7) is 0. The van der Waals surface area contributed by atoms with Crippen LogP contribution >= 0.6 is 23.2 Å². The molecule has 0 atom stereocenters. The summed E-state index contributed by atoms with van der Waals surface area (Å²) in [6, 6.07) is 14.8. The molecule has 0 aliphatic carbocycles. The summed E-state index contributed by atoms with van der Waals surface area (Å²) in [4.78, 5) is 34.7. The monoisotopic (exact) mass is 472 g/mol. The van der Waals surface area contributed by atoms with Crippen LogP contribution in [-0.4, -0.2) is 28.1 Å². The van der Waals surface area contributed by atoms with E-state index in [9.17, 15) is 24.8 Å². The molecule has 0 radical (unpaired) electrons. The molecular weight excluding hydrogens is 459 g/mol. The van der Waals surface area contributed by atoms with Gasteiger partial charge in [-0.2, -0.15) is 5.10 Å². The first kappa shape index (κ1) is 22.7. The molecule has 3 aromatic carbocycles. The summed E-state index contributed by atoms with van der Waals surface area (Å²) < 4.78 is 0. The summed E-state index contributed by atoms with van der Waals surface area (Å²) in [5, 5.41) is 27.6. The lowest BCUT2D eigenvalue weighted by Gasteiger charge is -2.07. The second-order valence-electron chi connectivity index (χ2n) is 6.33. The zero-order chi connectivity index (χ0) is 23.3. The highest BCUT2D eigenvalue weighted by molar-refractivity contribution is 6.34. The predicted octanol–water partition coefficient (Wildman–Crippen LogP) is 4.62. The van der Waals surface area contributed by atoms with Crippen LogP contribution in [-0.2, 0) is 0 Å². The maximum atomic E-state index is 12.3. The number of rotatable bonds is 6. The highest BCUT2D eigenvalue weighted by atomic mass is 35.5. The number of carbonyl (C=O) groups is 2. The molecular formula is C21H14Cl2N4O5. The zero-order valence-corrected chi connectivity index (χ0v) is 17.6. The van der Waals surface area contributed by atoms with Crippen molar-refractivity contribution in [3.8, 4) is 5.75 Å². The molecule has 11 heteroatoms. The number of hydrogen-bond donors (Lipinski definition) is 3. The van der Waals surface area contributed by atoms with E-state index in [1.165, 1.54) is 30.3 Å². The second-order valence-corrected chi connectivity index (χ2v) is 7.17. The van der Waals surface area contributed by atoms with Gasteiger partial charge in [-0.25, -0.2) is 5.43 Å². The molecule has 9 nitrogen and oxygen atoms in total. The lowest BCUT2D eigenvalue weighted by molar-refractivity contribution is -0.385. The maximum absolute atomic E-state index is 12.3. The standard InChI is InChI=1S/C21H14Cl2N4O5/c22-14-9-13(19(28)18(10-14)27(31)32)11-24-26-20(29)12-5-7-15(8-6-12)25-21(30)16-3-1-2-4-17(16)23/h1-11,28H,(H,25,30)(H,26,29). The largest absolute Gasteiger partial charge is 0.502 e. The van der Waals surface area contributed by atoms with Gasteiger partial charge in [-0.1, -0.05) is 35.3 Å². The number of carbonyl (C=O) groups excluding carboxylic acids is 2. The third-order valence-electron chi connectivity index (χ3n) is 4.17. The molecule has 0 aliphatic rings. The summed E-state index contributed by atoms with van der Waals surface area (Å²) in [7, 11) is 0. The van der Waals surface area contributed by atoms with E-state index >= 15 is 0 Å². The number of nitro benzene ring substituents is 1. The fourth-order valence-electron chi connectivity index (χ4n) is 2.62. The van der Waals surface area contributed by atoms with Crippen molar-refractivity contribution < 1.29 is 19.6 Å². The molecule has 0 saturated carbocycles. The molecule has 3 N–H and O–H groups in total. The number of anilines is 1. The van der Waals surface area contributed by atoms with Crippen molar-refractivity contribution in [2.75, 3.05) is 5.32 Å². The van der Waals surface area contributed by atoms with Crippen LogP contribution in [0.2, 0.25) is 10.0 Å². The minimum atomic E-state index is -0.788. The third kappa shape index (κ3) is 5.39. The normalized spacial score (nSPS) is 10.7. The minimum absolute atomic E-state index is 0.0247. The molecule has 0 aromatic heterocycles. The summed E-state index contributed by atoms with van der Waals surface area (Å²) >= 11 is 11.8. The number of nitro groups is 1. The molecule has 0 saturated heterocycles. The number of benzene rings is 3. The van der Waals surface area contributed by atoms with Crippen LogP contribution in [0.15, 0.2) is 65.8 Å². The number of amides is 2. The van der Waals surface area contributed by atoms with Gasteiger partial charge in [0.25, 0.3) is 11.8 Å². The van der Waals surface area contributed by atoms with Crippen LogP contribution in [0.25, 0.3) is 0 Å². The number of phenolic OH excluding ortho intramolecular Hbond substituents is 1. The summed E-state index contributed by atoms with van der Waals surface area (Å²) in [5.41, 5.74) is 2.61. The van der Waals surface area contributed by atoms with Gasteiger partial charge in [0.2, 0.25) is 5.75 Å². The van der Waals surface area contributed by atoms with E-state index in [2.05, 4.69) is 15.8 Å². The van der Waals surface area contributed by atoms with Crippen molar-refractivity contribution >= 4 is 52.6 Å². The number of nitrogens with zero attached hydrogens (tertiary/aromatic N) is 2. The highest BCUT2D eigenvalue weighted by Crippen LogP contribution is 2.32. The quantitative estimate of drug-likeness (QED) is 0.273. The smallest absolute Gasteiger partial charge is 0.312 e. The summed E-state index contributed by atoms with van der Waals surface area (Å²) in [6.07, 6.45) is 1.03. The van der Waals surface area contributed by atoms with Crippen LogP contribution in [0.1, 0.15) is 26.3 Å². The van der Waals surface area contributed by atoms with Gasteiger partial charge < -0.3 is 10.4 Å². The lowest BCUT2D eigenvalue weighted by Crippen LogP contribution is -2.18. The Hall–Kier alpha value is -3.95. The molecule has 0 bridgehead atoms. The van der Waals surface area contributed by atoms with Gasteiger partial charge in [-0.3, -0.25) is 19.7 Å². The SMILES string of the molecule is O=C(NN=Cc1cc(Cl)cc([N+](=O)[O-])c1O)c1ccc(NC(=O)c2ccccc2Cl)cc1. The van der Waals surface area contributed by atoms with E-state index in [-0.39, 0.29) is 16.1 Å². The Kier molecular flexibility index (Phi) is 7.04. The number of hydrogen-bond acceptors (Lipinski definition) is 6. The van der Waals surface area contributed by atoms with E-state index in [4.69, 9.17) is 23.2 Å². The number of aromatic hydroxyl groups is 1. The third-order valence-corrected chi connectivity index (χ3v) is 4.72. The Labute approximate surface area is 191 Å². The van der Waals surface area contributed by atoms with E-state index in [0.29, 0.717) is 16.3 Å². The molecule has 2 amide bonds. The van der Waals surface area contributed by atoms with Crippen molar-refractivity contribution in [1.82, 2.24) is 5.43 Å². The highest BCUT2D eigenvalue weighted by Gasteiger charge is 2.18. The Morgan fingerprint density at radius 3 is 2.38 bits per heavy atom. The first-order chi connectivity index (χ1) is 15.3. The van der Waals surface area contributed by atoms with Gasteiger partial charge in [0.1, 0.15) is 0 Å². The van der Waals surface area contributed by atoms with Gasteiger partial charge in [0.05, 0.1) is 21.7 Å². The molecule has 0 heterocycles. The van der Waals surface area contributed by atoms with Crippen molar-refractivity contribution in [1.29, 1.82) is 0 Å². The molecule has 3 rings (SSSR count). The Balaban J connectivity index is 1.65. The number of phenols is 1. The van der Waals surface area contributed by atoms with Crippen molar-refractivity contribution in [3.05, 3.63) is 97.5 Å². The van der Waals surface area contributed by atoms with E-state index in [1.807, 2.05) is 0 Å². The number of nitrogens with one attached hydrogen (secondary N) is 2. The first-order valence-electron chi connectivity index (χ1n) is 8.92. The molecule has 3 aromatic rings. The van der Waals surface area contributed by atoms with Gasteiger partial charge in [0, 0.05) is 27.9 Å². The minimum Gasteiger partial charge on any atom is -0.502 e. The number of halogens is 2. The van der Waals surface area contributed by atoms with Crippen molar-refractivity contribution in [2.24, 2.45) is 5.10 Å². The molecule has 0 unspecified atom stereocenters. The Morgan fingerprint density at radius 2 is 1.72 bits per heavy atom. The lowest BCUT2D eigenvalue weighted by atomic mass is 10.1. The average molecular weight is 473 g/mol. The van der Waals surface area contributed by atoms with Crippen LogP contribution in [0.3, 0.4) is 0 Å². The van der Waals surface area contributed by atoms with Crippen LogP contribution in [0.4, 0.5) is 11.4 Å².